The number of aliphatic carboxylic acids is 1. The van der Waals surface area contributed by atoms with Crippen LogP contribution in [0.4, 0.5) is 5.13 Å². The van der Waals surface area contributed by atoms with Crippen molar-refractivity contribution in [3.05, 3.63) is 57.4 Å². The van der Waals surface area contributed by atoms with Gasteiger partial charge in [-0.3, -0.25) is 19.0 Å². The number of nitrogens with one attached hydrogen (secondary N) is 1. The number of carbonyl (C=O) groups excluding carboxylic acids is 2. The monoisotopic (exact) mass is 793 g/mol. The number of aromatic hydroxyl groups is 2. The van der Waals surface area contributed by atoms with Crippen molar-refractivity contribution in [2.45, 2.75) is 35.1 Å². The third kappa shape index (κ3) is 6.90. The van der Waals surface area contributed by atoms with Gasteiger partial charge in [-0.15, -0.1) is 40.0 Å². The smallest absolute Gasteiger partial charge is 0.352 e. The number of carboxylic acids is 2. The number of nitrogen functional groups attached to an aromatic ring is 1. The van der Waals surface area contributed by atoms with E-state index in [0.29, 0.717) is 16.3 Å². The van der Waals surface area contributed by atoms with Gasteiger partial charge in [0.1, 0.15) is 40.0 Å². The van der Waals surface area contributed by atoms with Crippen LogP contribution in [0.25, 0.3) is 5.78 Å². The molecule has 25 heteroatoms. The maximum atomic E-state index is 13.5. The molecule has 6 rings (SSSR count). The SMILES string of the molecule is Cc1cc(SCC2=C(C(=O)O)N3C(=O)[C@@H](NC(=O)/C(=N\OCc4ccc(C(=O)O)c(O)c4O)c4csc(N)n4)[C@H]3SC2)n2nc(S(=O)(=O)O)nc2n1. The van der Waals surface area contributed by atoms with Gasteiger partial charge in [-0.25, -0.2) is 19.6 Å². The van der Waals surface area contributed by atoms with Crippen molar-refractivity contribution < 1.29 is 57.4 Å². The van der Waals surface area contributed by atoms with Crippen molar-refractivity contribution in [3.63, 3.8) is 0 Å². The summed E-state index contributed by atoms with van der Waals surface area (Å²) < 4.78 is 33.6. The van der Waals surface area contributed by atoms with Crippen LogP contribution in [0.5, 0.6) is 11.5 Å². The van der Waals surface area contributed by atoms with Gasteiger partial charge in [-0.1, -0.05) is 11.2 Å². The van der Waals surface area contributed by atoms with E-state index in [0.717, 1.165) is 38.6 Å². The number of thioether (sulfide) groups is 2. The molecule has 1 fully saturated rings. The normalized spacial score (nSPS) is 17.5. The van der Waals surface area contributed by atoms with Crippen molar-refractivity contribution in [3.8, 4) is 11.5 Å². The number of phenolic OH excluding ortho intramolecular Hbond substituents is 1. The van der Waals surface area contributed by atoms with E-state index in [1.54, 1.807) is 13.0 Å². The molecule has 4 aromatic rings. The molecule has 2 atom stereocenters. The van der Waals surface area contributed by atoms with Gasteiger partial charge < -0.3 is 36.3 Å². The van der Waals surface area contributed by atoms with Crippen LogP contribution in [0.1, 0.15) is 27.3 Å². The number of carbonyl (C=O) groups is 4. The summed E-state index contributed by atoms with van der Waals surface area (Å²) in [4.78, 5) is 68.6. The number of benzene rings is 1. The van der Waals surface area contributed by atoms with Crippen LogP contribution in [0.15, 0.2) is 50.2 Å². The molecule has 1 saturated heterocycles. The summed E-state index contributed by atoms with van der Waals surface area (Å²) in [5.74, 6) is -6.19. The molecule has 0 unspecified atom stereocenters. The number of amides is 2. The molecule has 1 aromatic carbocycles. The molecule has 3 aromatic heterocycles. The summed E-state index contributed by atoms with van der Waals surface area (Å²) in [7, 11) is -4.73. The fourth-order valence-electron chi connectivity index (χ4n) is 4.99. The Balaban J connectivity index is 1.19. The highest BCUT2D eigenvalue weighted by molar-refractivity contribution is 8.01. The zero-order chi connectivity index (χ0) is 37.6. The zero-order valence-electron chi connectivity index (χ0n) is 26.0. The fourth-order valence-corrected chi connectivity index (χ4v) is 8.45. The van der Waals surface area contributed by atoms with Crippen LogP contribution in [0, 0.1) is 6.92 Å². The first kappa shape index (κ1) is 36.3. The third-order valence-electron chi connectivity index (χ3n) is 7.37. The molecule has 2 amide bonds. The summed E-state index contributed by atoms with van der Waals surface area (Å²) in [5.41, 5.74) is 5.13. The van der Waals surface area contributed by atoms with Gasteiger partial charge in [0.2, 0.25) is 0 Å². The molecular formula is C27H23N9O12S4. The lowest BCUT2D eigenvalue weighted by atomic mass is 10.0. The van der Waals surface area contributed by atoms with Gasteiger partial charge in [0.05, 0.1) is 0 Å². The number of carboxylic acid groups (broad SMARTS) is 2. The van der Waals surface area contributed by atoms with Gasteiger partial charge >= 0.3 is 22.1 Å². The van der Waals surface area contributed by atoms with Crippen LogP contribution >= 0.6 is 34.9 Å². The van der Waals surface area contributed by atoms with E-state index >= 15 is 0 Å². The van der Waals surface area contributed by atoms with E-state index in [1.807, 2.05) is 0 Å². The molecule has 0 spiro atoms. The highest BCUT2D eigenvalue weighted by atomic mass is 32.2. The number of anilines is 1. The maximum Gasteiger partial charge on any atom is 0.352 e. The lowest BCUT2D eigenvalue weighted by molar-refractivity contribution is -0.150. The number of thiazole rings is 1. The summed E-state index contributed by atoms with van der Waals surface area (Å²) in [5, 5.41) is 49.6. The second kappa shape index (κ2) is 13.9. The lowest BCUT2D eigenvalue weighted by Crippen LogP contribution is -2.71. The molecule has 0 radical (unpaired) electrons. The first-order chi connectivity index (χ1) is 24.5. The number of nitrogens with two attached hydrogens (primary N) is 1. The Morgan fingerprint density at radius 3 is 2.56 bits per heavy atom. The van der Waals surface area contributed by atoms with Crippen LogP contribution in [-0.2, 0) is 35.9 Å². The Morgan fingerprint density at radius 2 is 1.90 bits per heavy atom. The molecule has 0 aliphatic carbocycles. The van der Waals surface area contributed by atoms with Crippen molar-refractivity contribution >= 4 is 85.4 Å². The van der Waals surface area contributed by atoms with Crippen molar-refractivity contribution in [1.29, 1.82) is 0 Å². The average Bonchev–Trinajstić information content (AvgIpc) is 3.72. The van der Waals surface area contributed by atoms with Crippen LogP contribution < -0.4 is 11.1 Å². The molecule has 8 N–H and O–H groups in total. The van der Waals surface area contributed by atoms with E-state index in [1.165, 1.54) is 23.2 Å². The molecule has 52 heavy (non-hydrogen) atoms. The quantitative estimate of drug-likeness (QED) is 0.0193. The maximum absolute atomic E-state index is 13.5. The summed E-state index contributed by atoms with van der Waals surface area (Å²) in [6.45, 7) is 1.09. The Bertz CT molecular complexity index is 2360. The number of aromatic carboxylic acids is 1. The predicted octanol–water partition coefficient (Wildman–Crippen LogP) is 0.279. The zero-order valence-corrected chi connectivity index (χ0v) is 29.3. The van der Waals surface area contributed by atoms with Crippen LogP contribution in [-0.4, -0.2) is 115 Å². The van der Waals surface area contributed by atoms with Gasteiger partial charge in [-0.05, 0) is 24.6 Å². The van der Waals surface area contributed by atoms with Crippen LogP contribution in [0.2, 0.25) is 0 Å². The number of β-lactam (4-membered cyclic amide) rings is 1. The van der Waals surface area contributed by atoms with E-state index in [4.69, 9.17) is 15.7 Å². The number of fused-ring (bicyclic) bond motifs is 2. The van der Waals surface area contributed by atoms with E-state index < -0.39 is 79.8 Å². The Kier molecular flexibility index (Phi) is 9.71. The van der Waals surface area contributed by atoms with Crippen molar-refractivity contribution in [2.24, 2.45) is 5.16 Å². The van der Waals surface area contributed by atoms with E-state index in [2.05, 4.69) is 30.5 Å². The number of phenols is 2. The van der Waals surface area contributed by atoms with Crippen molar-refractivity contribution in [1.82, 2.24) is 34.8 Å². The molecule has 2 aliphatic rings. The standard InChI is InChI=1S/C27H23N9O12S4/c1-9-4-14(36-26(29-9)32-27(33-36)52(45,46)47)49-6-11-7-50-22-16(21(40)35(22)17(11)24(43)44)31-20(39)15(13-8-51-25(28)30-13)34-48-5-10-2-3-12(23(41)42)19(38)18(10)37/h2-4,8,16,22,37-38H,5-7H2,1H3,(H2,28,30)(H,31,39)(H,41,42)(H,43,44)(H,45,46,47)/b34-15-/t16-,22-/m1/s1. The first-order valence-corrected chi connectivity index (χ1v) is 18.6. The topological polar surface area (TPSA) is 322 Å². The highest BCUT2D eigenvalue weighted by Crippen LogP contribution is 2.42. The summed E-state index contributed by atoms with van der Waals surface area (Å²) in [6, 6.07) is 2.57. The first-order valence-electron chi connectivity index (χ1n) is 14.3. The Labute approximate surface area is 303 Å². The minimum atomic E-state index is -4.73. The molecule has 5 heterocycles. The number of rotatable bonds is 12. The number of hydrogen-bond acceptors (Lipinski definition) is 18. The molecular weight excluding hydrogens is 771 g/mol. The number of oxime groups is 1. The highest BCUT2D eigenvalue weighted by Gasteiger charge is 2.54. The second-order valence-electron chi connectivity index (χ2n) is 10.8. The van der Waals surface area contributed by atoms with Gasteiger partial charge in [-0.2, -0.15) is 17.9 Å². The largest absolute Gasteiger partial charge is 0.504 e. The van der Waals surface area contributed by atoms with Gasteiger partial charge in [0, 0.05) is 28.1 Å². The number of aromatic nitrogens is 5. The minimum absolute atomic E-state index is 0.0214. The number of hydrogen-bond donors (Lipinski definition) is 7. The molecule has 21 nitrogen and oxygen atoms in total. The van der Waals surface area contributed by atoms with Gasteiger partial charge in [0.15, 0.2) is 22.3 Å². The lowest BCUT2D eigenvalue weighted by Gasteiger charge is -2.49. The fraction of sp³-hybridized carbons (Fsp3) is 0.222. The average molecular weight is 794 g/mol. The molecule has 0 bridgehead atoms. The van der Waals surface area contributed by atoms with Gasteiger partial charge in [0.25, 0.3) is 22.7 Å². The second-order valence-corrected chi connectivity index (χ2v) is 15.1. The molecule has 272 valence electrons. The molecule has 2 aliphatic heterocycles. The van der Waals surface area contributed by atoms with E-state index in [-0.39, 0.29) is 39.4 Å². The predicted molar refractivity (Wildman–Crippen MR) is 180 cm³/mol. The summed E-state index contributed by atoms with van der Waals surface area (Å²) >= 11 is 3.22. The molecule has 0 saturated carbocycles. The van der Waals surface area contributed by atoms with Crippen molar-refractivity contribution in [2.75, 3.05) is 17.2 Å². The van der Waals surface area contributed by atoms with Crippen LogP contribution in [0.3, 0.4) is 0 Å². The van der Waals surface area contributed by atoms with E-state index in [9.17, 15) is 47.5 Å². The minimum Gasteiger partial charge on any atom is -0.504 e. The Hall–Kier alpha value is -5.50. The number of aryl methyl sites for hydroxylation is 1. The third-order valence-corrected chi connectivity index (χ3v) is 11.1. The number of nitrogens with zero attached hydrogens (tertiary/aromatic N) is 7. The summed E-state index contributed by atoms with van der Waals surface area (Å²) in [6.07, 6.45) is 0. The Morgan fingerprint density at radius 1 is 1.15 bits per heavy atom.